The number of anilines is 2. The summed E-state index contributed by atoms with van der Waals surface area (Å²) in [6.45, 7) is 0.0861. The number of nitrogens with zero attached hydrogens (tertiary/aromatic N) is 2. The summed E-state index contributed by atoms with van der Waals surface area (Å²) >= 11 is 0. The van der Waals surface area contributed by atoms with Gasteiger partial charge >= 0.3 is 12.0 Å². The van der Waals surface area contributed by atoms with Gasteiger partial charge in [-0.3, -0.25) is 9.20 Å². The normalized spacial score (nSPS) is 10.5. The molecule has 166 valence electrons. The topological polar surface area (TPSA) is 111 Å². The second kappa shape index (κ2) is 9.65. The van der Waals surface area contributed by atoms with Crippen LogP contribution in [-0.2, 0) is 11.3 Å². The monoisotopic (exact) mass is 444 g/mol. The summed E-state index contributed by atoms with van der Waals surface area (Å²) in [6.07, 6.45) is 1.65. The molecule has 2 aromatic heterocycles. The standard InChI is InChI=1S/C24H20N4O5/c1-32-23(30)19-9-2-3-10-20(19)27-24(31)26-16-7-6-8-18(13-16)33-15-17-14-22(29)28-12-5-4-11-21(28)25-17/h2-14H,15H2,1H3,(H2,26,27,31). The number of rotatable bonds is 6. The number of nitrogens with one attached hydrogen (secondary N) is 2. The van der Waals surface area contributed by atoms with Gasteiger partial charge in [0.1, 0.15) is 18.0 Å². The SMILES string of the molecule is COC(=O)c1ccccc1NC(=O)Nc1cccc(OCc2cc(=O)n3ccccc3n2)c1. The Labute approximate surface area is 188 Å². The van der Waals surface area contributed by atoms with Crippen molar-refractivity contribution in [1.29, 1.82) is 0 Å². The van der Waals surface area contributed by atoms with Crippen LogP contribution >= 0.6 is 0 Å². The number of pyridine rings is 1. The number of aromatic nitrogens is 2. The van der Waals surface area contributed by atoms with E-state index in [9.17, 15) is 14.4 Å². The molecule has 0 aliphatic heterocycles. The van der Waals surface area contributed by atoms with E-state index < -0.39 is 12.0 Å². The van der Waals surface area contributed by atoms with Gasteiger partial charge in [0.2, 0.25) is 0 Å². The van der Waals surface area contributed by atoms with Crippen LogP contribution in [0.1, 0.15) is 16.1 Å². The highest BCUT2D eigenvalue weighted by Crippen LogP contribution is 2.20. The highest BCUT2D eigenvalue weighted by Gasteiger charge is 2.13. The number of esters is 1. The highest BCUT2D eigenvalue weighted by molar-refractivity contribution is 6.05. The van der Waals surface area contributed by atoms with Crippen molar-refractivity contribution in [2.45, 2.75) is 6.61 Å². The van der Waals surface area contributed by atoms with E-state index in [4.69, 9.17) is 9.47 Å². The number of carbonyl (C=O) groups is 2. The van der Waals surface area contributed by atoms with Gasteiger partial charge in [-0.25, -0.2) is 14.6 Å². The number of hydrogen-bond acceptors (Lipinski definition) is 6. The number of urea groups is 1. The smallest absolute Gasteiger partial charge is 0.339 e. The van der Waals surface area contributed by atoms with E-state index in [1.807, 2.05) is 0 Å². The summed E-state index contributed by atoms with van der Waals surface area (Å²) in [7, 11) is 1.27. The van der Waals surface area contributed by atoms with Gasteiger partial charge in [0.05, 0.1) is 24.1 Å². The lowest BCUT2D eigenvalue weighted by Crippen LogP contribution is -2.21. The lowest BCUT2D eigenvalue weighted by atomic mass is 10.2. The maximum atomic E-state index is 12.4. The molecule has 33 heavy (non-hydrogen) atoms. The molecule has 0 aliphatic carbocycles. The van der Waals surface area contributed by atoms with Crippen molar-refractivity contribution in [1.82, 2.24) is 9.38 Å². The fourth-order valence-electron chi connectivity index (χ4n) is 3.16. The Balaban J connectivity index is 1.42. The van der Waals surface area contributed by atoms with Crippen molar-refractivity contribution < 1.29 is 19.1 Å². The van der Waals surface area contributed by atoms with E-state index in [0.717, 1.165) is 0 Å². The van der Waals surface area contributed by atoms with E-state index in [-0.39, 0.29) is 17.7 Å². The van der Waals surface area contributed by atoms with Gasteiger partial charge in [-0.1, -0.05) is 24.3 Å². The second-order valence-electron chi connectivity index (χ2n) is 6.95. The van der Waals surface area contributed by atoms with Crippen LogP contribution in [0.4, 0.5) is 16.2 Å². The van der Waals surface area contributed by atoms with Gasteiger partial charge in [-0.2, -0.15) is 0 Å². The molecule has 4 aromatic rings. The number of carbonyl (C=O) groups excluding carboxylic acids is 2. The van der Waals surface area contributed by atoms with Crippen molar-refractivity contribution in [3.05, 3.63) is 101 Å². The summed E-state index contributed by atoms with van der Waals surface area (Å²) in [5, 5.41) is 5.33. The number of benzene rings is 2. The van der Waals surface area contributed by atoms with Crippen LogP contribution < -0.4 is 20.9 Å². The molecule has 4 rings (SSSR count). The predicted molar refractivity (Wildman–Crippen MR) is 123 cm³/mol. The van der Waals surface area contributed by atoms with Gasteiger partial charge in [0.15, 0.2) is 0 Å². The lowest BCUT2D eigenvalue weighted by Gasteiger charge is -2.12. The van der Waals surface area contributed by atoms with Crippen LogP contribution in [0.5, 0.6) is 5.75 Å². The third-order valence-electron chi connectivity index (χ3n) is 4.68. The van der Waals surface area contributed by atoms with Crippen molar-refractivity contribution in [3.63, 3.8) is 0 Å². The van der Waals surface area contributed by atoms with Crippen LogP contribution in [0.25, 0.3) is 5.65 Å². The van der Waals surface area contributed by atoms with Gasteiger partial charge in [-0.15, -0.1) is 0 Å². The largest absolute Gasteiger partial charge is 0.487 e. The molecule has 0 atom stereocenters. The molecule has 2 N–H and O–H groups in total. The molecule has 0 aliphatic rings. The summed E-state index contributed by atoms with van der Waals surface area (Å²) in [5.41, 5.74) is 1.87. The maximum Gasteiger partial charge on any atom is 0.339 e. The molecule has 0 radical (unpaired) electrons. The minimum atomic E-state index is -0.553. The minimum absolute atomic E-state index is 0.0861. The number of methoxy groups -OCH3 is 1. The molecule has 9 heteroatoms. The van der Waals surface area contributed by atoms with Crippen molar-refractivity contribution in [2.75, 3.05) is 17.7 Å². The number of para-hydroxylation sites is 1. The molecule has 0 unspecified atom stereocenters. The minimum Gasteiger partial charge on any atom is -0.487 e. The second-order valence-corrected chi connectivity index (χ2v) is 6.95. The summed E-state index contributed by atoms with van der Waals surface area (Å²) in [6, 6.07) is 19.5. The summed E-state index contributed by atoms with van der Waals surface area (Å²) in [4.78, 5) is 40.9. The Hall–Kier alpha value is -4.66. The third-order valence-corrected chi connectivity index (χ3v) is 4.68. The lowest BCUT2D eigenvalue weighted by molar-refractivity contribution is 0.0602. The first-order valence-corrected chi connectivity index (χ1v) is 9.99. The zero-order valence-corrected chi connectivity index (χ0v) is 17.6. The number of amides is 2. The van der Waals surface area contributed by atoms with Gasteiger partial charge in [-0.05, 0) is 36.4 Å². The molecule has 0 spiro atoms. The van der Waals surface area contributed by atoms with E-state index >= 15 is 0 Å². The Bertz CT molecular complexity index is 1380. The van der Waals surface area contributed by atoms with E-state index in [1.165, 1.54) is 17.6 Å². The molecule has 0 saturated heterocycles. The molecule has 9 nitrogen and oxygen atoms in total. The molecule has 2 aromatic carbocycles. The van der Waals surface area contributed by atoms with Crippen molar-refractivity contribution in [3.8, 4) is 5.75 Å². The molecular weight excluding hydrogens is 424 g/mol. The van der Waals surface area contributed by atoms with E-state index in [1.54, 1.807) is 72.9 Å². The van der Waals surface area contributed by atoms with Crippen LogP contribution in [0.2, 0.25) is 0 Å². The fraction of sp³-hybridized carbons (Fsp3) is 0.0833. The molecule has 2 heterocycles. The predicted octanol–water partition coefficient (Wildman–Crippen LogP) is 3.70. The van der Waals surface area contributed by atoms with Crippen LogP contribution in [0.3, 0.4) is 0 Å². The molecular formula is C24H20N4O5. The molecule has 0 saturated carbocycles. The third kappa shape index (κ3) is 5.16. The first-order chi connectivity index (χ1) is 16.0. The Kier molecular flexibility index (Phi) is 6.31. The quantitative estimate of drug-likeness (QED) is 0.439. The van der Waals surface area contributed by atoms with Gasteiger partial charge in [0, 0.05) is 24.0 Å². The molecule has 2 amide bonds. The van der Waals surface area contributed by atoms with Crippen LogP contribution in [0, 0.1) is 0 Å². The summed E-state index contributed by atoms with van der Waals surface area (Å²) in [5.74, 6) is -0.0685. The Morgan fingerprint density at radius 3 is 2.64 bits per heavy atom. The van der Waals surface area contributed by atoms with Crippen LogP contribution in [-0.4, -0.2) is 28.5 Å². The fourth-order valence-corrected chi connectivity index (χ4v) is 3.16. The first-order valence-electron chi connectivity index (χ1n) is 9.99. The maximum absolute atomic E-state index is 12.4. The molecule has 0 bridgehead atoms. The Morgan fingerprint density at radius 2 is 1.79 bits per heavy atom. The summed E-state index contributed by atoms with van der Waals surface area (Å²) < 4.78 is 11.9. The highest BCUT2D eigenvalue weighted by atomic mass is 16.5. The molecule has 0 fully saturated rings. The number of fused-ring (bicyclic) bond motifs is 1. The van der Waals surface area contributed by atoms with Gasteiger partial charge < -0.3 is 20.1 Å². The zero-order chi connectivity index (χ0) is 23.2. The van der Waals surface area contributed by atoms with Crippen molar-refractivity contribution >= 4 is 29.0 Å². The number of hydrogen-bond donors (Lipinski definition) is 2. The van der Waals surface area contributed by atoms with E-state index in [0.29, 0.717) is 28.5 Å². The first kappa shape index (κ1) is 21.6. The number of ether oxygens (including phenoxy) is 2. The van der Waals surface area contributed by atoms with Crippen molar-refractivity contribution in [2.24, 2.45) is 0 Å². The Morgan fingerprint density at radius 1 is 0.970 bits per heavy atom. The van der Waals surface area contributed by atoms with Crippen LogP contribution in [0.15, 0.2) is 83.8 Å². The average molecular weight is 444 g/mol. The van der Waals surface area contributed by atoms with Gasteiger partial charge in [0.25, 0.3) is 5.56 Å². The van der Waals surface area contributed by atoms with E-state index in [2.05, 4.69) is 15.6 Å². The average Bonchev–Trinajstić information content (AvgIpc) is 2.83. The zero-order valence-electron chi connectivity index (χ0n) is 17.6.